The molecule has 0 aliphatic rings. The number of halogens is 2. The Bertz CT molecular complexity index is 715. The Morgan fingerprint density at radius 1 is 1.15 bits per heavy atom. The average molecular weight is 294 g/mol. The molecule has 0 spiro atoms. The highest BCUT2D eigenvalue weighted by molar-refractivity contribution is 7.71. The molecule has 0 radical (unpaired) electrons. The number of hydrogen-bond acceptors (Lipinski definition) is 2. The van der Waals surface area contributed by atoms with Gasteiger partial charge in [-0.1, -0.05) is 39.1 Å². The first-order valence-corrected chi connectivity index (χ1v) is 6.68. The van der Waals surface area contributed by atoms with Gasteiger partial charge in [-0.05, 0) is 24.6 Å². The largest absolute Gasteiger partial charge is 0.343 e. The van der Waals surface area contributed by atoms with Crippen LogP contribution >= 0.6 is 12.2 Å². The minimum atomic E-state index is -0.873. The number of nitrogens with zero attached hydrogens (tertiary/aromatic N) is 1. The number of aromatic amines is 1. The van der Waals surface area contributed by atoms with E-state index in [1.807, 2.05) is 20.8 Å². The van der Waals surface area contributed by atoms with Crippen LogP contribution in [-0.4, -0.2) is 9.97 Å². The molecule has 0 aliphatic carbocycles. The molecule has 2 nitrogen and oxygen atoms in total. The highest BCUT2D eigenvalue weighted by Gasteiger charge is 2.19. The van der Waals surface area contributed by atoms with Crippen molar-refractivity contribution in [3.05, 3.63) is 45.9 Å². The van der Waals surface area contributed by atoms with Crippen LogP contribution in [0.1, 0.15) is 32.2 Å². The summed E-state index contributed by atoms with van der Waals surface area (Å²) in [6, 6.07) is 4.63. The van der Waals surface area contributed by atoms with Gasteiger partial charge in [0.25, 0.3) is 0 Å². The Labute approximate surface area is 121 Å². The van der Waals surface area contributed by atoms with Gasteiger partial charge in [-0.15, -0.1) is 0 Å². The number of aryl methyl sites for hydroxylation is 1. The van der Waals surface area contributed by atoms with Crippen molar-refractivity contribution >= 4 is 12.2 Å². The van der Waals surface area contributed by atoms with Gasteiger partial charge in [0.1, 0.15) is 10.5 Å². The fourth-order valence-electron chi connectivity index (χ4n) is 1.81. The van der Waals surface area contributed by atoms with Crippen LogP contribution in [-0.2, 0) is 5.41 Å². The van der Waals surface area contributed by atoms with Crippen LogP contribution in [0.25, 0.3) is 11.3 Å². The second-order valence-electron chi connectivity index (χ2n) is 5.79. The summed E-state index contributed by atoms with van der Waals surface area (Å²) < 4.78 is 28.1. The molecular weight excluding hydrogens is 278 g/mol. The SMILES string of the molecule is Cc1ccc(-c2cc(=S)nc(C(C)(C)C)[nH]2)c(F)c1F. The predicted molar refractivity (Wildman–Crippen MR) is 78.2 cm³/mol. The van der Waals surface area contributed by atoms with Crippen molar-refractivity contribution in [3.8, 4) is 11.3 Å². The standard InChI is InChI=1S/C15H16F2N2S/c1-8-5-6-9(13(17)12(8)16)10-7-11(20)19-14(18-10)15(2,3)4/h5-7H,1-4H3,(H,18,19,20). The molecule has 0 unspecified atom stereocenters. The van der Waals surface area contributed by atoms with Gasteiger partial charge in [-0.25, -0.2) is 13.8 Å². The van der Waals surface area contributed by atoms with Crippen LogP contribution in [0.5, 0.6) is 0 Å². The lowest BCUT2D eigenvalue weighted by Crippen LogP contribution is -2.16. The molecule has 0 atom stereocenters. The van der Waals surface area contributed by atoms with Crippen LogP contribution in [0.3, 0.4) is 0 Å². The van der Waals surface area contributed by atoms with E-state index in [0.29, 0.717) is 16.2 Å². The Kier molecular flexibility index (Phi) is 3.73. The third kappa shape index (κ3) is 2.77. The Morgan fingerprint density at radius 2 is 1.80 bits per heavy atom. The summed E-state index contributed by atoms with van der Waals surface area (Å²) in [6.07, 6.45) is 0. The summed E-state index contributed by atoms with van der Waals surface area (Å²) >= 11 is 5.11. The Hall–Kier alpha value is -1.62. The molecule has 20 heavy (non-hydrogen) atoms. The van der Waals surface area contributed by atoms with E-state index in [4.69, 9.17) is 12.2 Å². The predicted octanol–water partition coefficient (Wildman–Crippen LogP) is 4.69. The molecular formula is C15H16F2N2S. The third-order valence-corrected chi connectivity index (χ3v) is 3.23. The fraction of sp³-hybridized carbons (Fsp3) is 0.333. The average Bonchev–Trinajstić information content (AvgIpc) is 2.34. The molecule has 0 saturated carbocycles. The van der Waals surface area contributed by atoms with Crippen LogP contribution in [0, 0.1) is 23.2 Å². The lowest BCUT2D eigenvalue weighted by molar-refractivity contribution is 0.504. The zero-order valence-electron chi connectivity index (χ0n) is 11.8. The molecule has 1 N–H and O–H groups in total. The van der Waals surface area contributed by atoms with Gasteiger partial charge in [-0.2, -0.15) is 0 Å². The quantitative estimate of drug-likeness (QED) is 0.773. The molecule has 5 heteroatoms. The van der Waals surface area contributed by atoms with Gasteiger partial charge in [0.2, 0.25) is 0 Å². The van der Waals surface area contributed by atoms with E-state index in [-0.39, 0.29) is 16.5 Å². The summed E-state index contributed by atoms with van der Waals surface area (Å²) in [5, 5.41) is 0. The van der Waals surface area contributed by atoms with Crippen molar-refractivity contribution in [3.63, 3.8) is 0 Å². The van der Waals surface area contributed by atoms with Crippen LogP contribution in [0.2, 0.25) is 0 Å². The first kappa shape index (κ1) is 14.8. The highest BCUT2D eigenvalue weighted by atomic mass is 32.1. The van der Waals surface area contributed by atoms with E-state index in [2.05, 4.69) is 9.97 Å². The number of aromatic nitrogens is 2. The molecule has 1 aromatic carbocycles. The van der Waals surface area contributed by atoms with Crippen LogP contribution in [0.4, 0.5) is 8.78 Å². The van der Waals surface area contributed by atoms with Gasteiger partial charge in [0, 0.05) is 11.0 Å². The first-order chi connectivity index (χ1) is 9.20. The second kappa shape index (κ2) is 5.05. The van der Waals surface area contributed by atoms with E-state index >= 15 is 0 Å². The lowest BCUT2D eigenvalue weighted by atomic mass is 9.95. The zero-order chi connectivity index (χ0) is 15.1. The van der Waals surface area contributed by atoms with E-state index < -0.39 is 11.6 Å². The first-order valence-electron chi connectivity index (χ1n) is 6.27. The molecule has 0 saturated heterocycles. The summed E-state index contributed by atoms with van der Waals surface area (Å²) in [7, 11) is 0. The van der Waals surface area contributed by atoms with Gasteiger partial charge in [0.05, 0.1) is 5.69 Å². The number of H-pyrrole nitrogens is 1. The summed E-state index contributed by atoms with van der Waals surface area (Å²) in [6.45, 7) is 7.43. The molecule has 1 aromatic heterocycles. The smallest absolute Gasteiger partial charge is 0.168 e. The zero-order valence-corrected chi connectivity index (χ0v) is 12.7. The van der Waals surface area contributed by atoms with Crippen molar-refractivity contribution in [2.75, 3.05) is 0 Å². The van der Waals surface area contributed by atoms with Gasteiger partial charge in [0.15, 0.2) is 11.6 Å². The van der Waals surface area contributed by atoms with Crippen molar-refractivity contribution in [2.24, 2.45) is 0 Å². The number of hydrogen-bond donors (Lipinski definition) is 1. The number of benzene rings is 1. The van der Waals surface area contributed by atoms with Gasteiger partial charge < -0.3 is 4.98 Å². The topological polar surface area (TPSA) is 28.7 Å². The Morgan fingerprint density at radius 3 is 2.40 bits per heavy atom. The van der Waals surface area contributed by atoms with Crippen molar-refractivity contribution in [2.45, 2.75) is 33.1 Å². The van der Waals surface area contributed by atoms with Crippen molar-refractivity contribution in [1.29, 1.82) is 0 Å². The third-order valence-electron chi connectivity index (χ3n) is 3.02. The molecule has 2 rings (SSSR count). The normalized spacial score (nSPS) is 11.7. The van der Waals surface area contributed by atoms with Crippen molar-refractivity contribution in [1.82, 2.24) is 9.97 Å². The molecule has 1 heterocycles. The Balaban J connectivity index is 2.68. The molecule has 0 aliphatic heterocycles. The van der Waals surface area contributed by atoms with Gasteiger partial charge in [-0.3, -0.25) is 0 Å². The molecule has 0 fully saturated rings. The van der Waals surface area contributed by atoms with E-state index in [1.54, 1.807) is 12.1 Å². The summed E-state index contributed by atoms with van der Waals surface area (Å²) in [5.41, 5.74) is 0.608. The summed E-state index contributed by atoms with van der Waals surface area (Å²) in [4.78, 5) is 7.29. The maximum Gasteiger partial charge on any atom is 0.168 e. The van der Waals surface area contributed by atoms with E-state index in [1.165, 1.54) is 13.0 Å². The monoisotopic (exact) mass is 294 g/mol. The molecule has 0 amide bonds. The highest BCUT2D eigenvalue weighted by Crippen LogP contribution is 2.27. The van der Waals surface area contributed by atoms with Crippen molar-refractivity contribution < 1.29 is 8.78 Å². The summed E-state index contributed by atoms with van der Waals surface area (Å²) in [5.74, 6) is -1.07. The van der Waals surface area contributed by atoms with Crippen LogP contribution < -0.4 is 0 Å². The maximum atomic E-state index is 14.1. The maximum absolute atomic E-state index is 14.1. The number of rotatable bonds is 1. The molecule has 106 valence electrons. The molecule has 0 bridgehead atoms. The second-order valence-corrected chi connectivity index (χ2v) is 6.21. The van der Waals surface area contributed by atoms with E-state index in [9.17, 15) is 8.78 Å². The van der Waals surface area contributed by atoms with Crippen LogP contribution in [0.15, 0.2) is 18.2 Å². The molecule has 2 aromatic rings. The minimum absolute atomic E-state index is 0.159. The fourth-order valence-corrected chi connectivity index (χ4v) is 2.02. The number of nitrogens with one attached hydrogen (secondary N) is 1. The van der Waals surface area contributed by atoms with Gasteiger partial charge >= 0.3 is 0 Å². The minimum Gasteiger partial charge on any atom is -0.343 e. The lowest BCUT2D eigenvalue weighted by Gasteiger charge is -2.18. The van der Waals surface area contributed by atoms with E-state index in [0.717, 1.165) is 0 Å².